The van der Waals surface area contributed by atoms with E-state index in [1.165, 1.54) is 37.0 Å². The maximum absolute atomic E-state index is 12.1. The summed E-state index contributed by atoms with van der Waals surface area (Å²) in [5.41, 5.74) is 0. The van der Waals surface area contributed by atoms with Crippen LogP contribution in [0.25, 0.3) is 0 Å². The molecule has 4 atom stereocenters. The second kappa shape index (κ2) is 11.0. The van der Waals surface area contributed by atoms with Gasteiger partial charge in [-0.3, -0.25) is 4.79 Å². The molecule has 136 valence electrons. The summed E-state index contributed by atoms with van der Waals surface area (Å²) in [5.74, 6) is 0.0243. The summed E-state index contributed by atoms with van der Waals surface area (Å²) in [6.07, 6.45) is 5.06. The Morgan fingerprint density at radius 1 is 1.00 bits per heavy atom. The Labute approximate surface area is 139 Å². The maximum atomic E-state index is 12.1. The number of unbranched alkanes of at least 4 members (excludes halogenated alkanes) is 6. The number of hydrogen-bond acceptors (Lipinski definition) is 5. The monoisotopic (exact) mass is 331 g/mol. The largest absolute Gasteiger partial charge is 0.394 e. The van der Waals surface area contributed by atoms with Crippen molar-refractivity contribution in [2.75, 3.05) is 20.2 Å². The van der Waals surface area contributed by atoms with Crippen molar-refractivity contribution in [2.45, 2.75) is 82.7 Å². The third-order valence-corrected chi connectivity index (χ3v) is 4.52. The van der Waals surface area contributed by atoms with Crippen LogP contribution in [0.3, 0.4) is 0 Å². The van der Waals surface area contributed by atoms with Gasteiger partial charge in [0.15, 0.2) is 0 Å². The molecule has 3 N–H and O–H groups in total. The van der Waals surface area contributed by atoms with E-state index in [2.05, 4.69) is 6.92 Å². The molecule has 0 aromatic rings. The minimum Gasteiger partial charge on any atom is -0.394 e. The van der Waals surface area contributed by atoms with E-state index in [0.29, 0.717) is 6.42 Å². The van der Waals surface area contributed by atoms with Crippen LogP contribution >= 0.6 is 0 Å². The van der Waals surface area contributed by atoms with Gasteiger partial charge in [0, 0.05) is 20.0 Å². The van der Waals surface area contributed by atoms with Gasteiger partial charge in [0.1, 0.15) is 24.4 Å². The first-order valence-corrected chi connectivity index (χ1v) is 8.87. The summed E-state index contributed by atoms with van der Waals surface area (Å²) in [7, 11) is 1.68. The predicted molar refractivity (Wildman–Crippen MR) is 88.0 cm³/mol. The number of ether oxygens (including phenoxy) is 1. The molecule has 0 spiro atoms. The van der Waals surface area contributed by atoms with Crippen molar-refractivity contribution in [3.63, 3.8) is 0 Å². The van der Waals surface area contributed by atoms with Crippen molar-refractivity contribution < 1.29 is 24.9 Å². The third kappa shape index (κ3) is 6.75. The molecule has 0 aliphatic carbocycles. The van der Waals surface area contributed by atoms with Gasteiger partial charge in [-0.1, -0.05) is 45.4 Å². The number of aliphatic hydroxyl groups excluding tert-OH is 3. The minimum absolute atomic E-state index is 0.0243. The van der Waals surface area contributed by atoms with Gasteiger partial charge in [0.2, 0.25) is 5.91 Å². The highest BCUT2D eigenvalue weighted by molar-refractivity contribution is 5.75. The van der Waals surface area contributed by atoms with Crippen molar-refractivity contribution in [3.05, 3.63) is 0 Å². The Morgan fingerprint density at radius 2 is 1.57 bits per heavy atom. The summed E-state index contributed by atoms with van der Waals surface area (Å²) >= 11 is 0. The predicted octanol–water partition coefficient (Wildman–Crippen LogP) is 1.07. The Hall–Kier alpha value is -0.690. The molecule has 0 bridgehead atoms. The van der Waals surface area contributed by atoms with E-state index in [-0.39, 0.29) is 19.1 Å². The molecule has 1 aliphatic rings. The smallest absolute Gasteiger partial charge is 0.222 e. The fraction of sp³-hybridized carbons (Fsp3) is 0.941. The maximum Gasteiger partial charge on any atom is 0.222 e. The van der Waals surface area contributed by atoms with E-state index in [9.17, 15) is 15.0 Å². The molecule has 6 nitrogen and oxygen atoms in total. The second-order valence-electron chi connectivity index (χ2n) is 6.52. The van der Waals surface area contributed by atoms with Crippen LogP contribution in [0.4, 0.5) is 0 Å². The first-order chi connectivity index (χ1) is 11.0. The van der Waals surface area contributed by atoms with Crippen LogP contribution in [0.15, 0.2) is 0 Å². The van der Waals surface area contributed by atoms with Gasteiger partial charge in [-0.05, 0) is 6.42 Å². The van der Waals surface area contributed by atoms with Gasteiger partial charge < -0.3 is 25.0 Å². The van der Waals surface area contributed by atoms with E-state index < -0.39 is 24.4 Å². The van der Waals surface area contributed by atoms with Crippen molar-refractivity contribution in [1.29, 1.82) is 0 Å². The topological polar surface area (TPSA) is 90.2 Å². The number of nitrogens with zero attached hydrogens (tertiary/aromatic N) is 1. The average Bonchev–Trinajstić information content (AvgIpc) is 2.81. The van der Waals surface area contributed by atoms with E-state index in [1.54, 1.807) is 7.05 Å². The quantitative estimate of drug-likeness (QED) is 0.493. The van der Waals surface area contributed by atoms with Gasteiger partial charge in [0.25, 0.3) is 0 Å². The molecule has 0 aromatic heterocycles. The SMILES string of the molecule is CCCCCCCCCC(=O)N(C)CC1OC(CO)C(O)C1O. The fourth-order valence-electron chi connectivity index (χ4n) is 2.92. The molecule has 1 aliphatic heterocycles. The lowest BCUT2D eigenvalue weighted by atomic mass is 10.1. The standard InChI is InChI=1S/C17H33NO5/c1-3-4-5-6-7-8-9-10-15(20)18(2)11-13-16(21)17(22)14(12-19)23-13/h13-14,16-17,19,21-22H,3-12H2,1-2H3. The molecule has 0 radical (unpaired) electrons. The van der Waals surface area contributed by atoms with Crippen LogP contribution in [-0.2, 0) is 9.53 Å². The van der Waals surface area contributed by atoms with Gasteiger partial charge in [0.05, 0.1) is 6.61 Å². The normalized spacial score (nSPS) is 27.3. The highest BCUT2D eigenvalue weighted by Crippen LogP contribution is 2.22. The fourth-order valence-corrected chi connectivity index (χ4v) is 2.92. The van der Waals surface area contributed by atoms with Crippen molar-refractivity contribution >= 4 is 5.91 Å². The lowest BCUT2D eigenvalue weighted by molar-refractivity contribution is -0.132. The number of carbonyl (C=O) groups excluding carboxylic acids is 1. The molecule has 1 saturated heterocycles. The van der Waals surface area contributed by atoms with Gasteiger partial charge in [-0.15, -0.1) is 0 Å². The minimum atomic E-state index is -1.10. The molecule has 0 saturated carbocycles. The van der Waals surface area contributed by atoms with Crippen LogP contribution < -0.4 is 0 Å². The van der Waals surface area contributed by atoms with Crippen molar-refractivity contribution in [2.24, 2.45) is 0 Å². The molecule has 1 amide bonds. The highest BCUT2D eigenvalue weighted by Gasteiger charge is 2.42. The lowest BCUT2D eigenvalue weighted by Gasteiger charge is -2.23. The van der Waals surface area contributed by atoms with Gasteiger partial charge >= 0.3 is 0 Å². The molecular formula is C17H33NO5. The van der Waals surface area contributed by atoms with Crippen LogP contribution in [0.2, 0.25) is 0 Å². The number of amides is 1. The number of rotatable bonds is 11. The summed E-state index contributed by atoms with van der Waals surface area (Å²) in [5, 5.41) is 28.6. The Morgan fingerprint density at radius 3 is 2.13 bits per heavy atom. The van der Waals surface area contributed by atoms with E-state index in [1.807, 2.05) is 0 Å². The van der Waals surface area contributed by atoms with Crippen LogP contribution in [0.5, 0.6) is 0 Å². The van der Waals surface area contributed by atoms with Crippen molar-refractivity contribution in [1.82, 2.24) is 4.90 Å². The molecule has 6 heteroatoms. The molecule has 1 fully saturated rings. The molecule has 0 aromatic carbocycles. The number of likely N-dealkylation sites (N-methyl/N-ethyl adjacent to an activating group) is 1. The number of carbonyl (C=O) groups is 1. The van der Waals surface area contributed by atoms with Crippen molar-refractivity contribution in [3.8, 4) is 0 Å². The Balaban J connectivity index is 2.19. The lowest BCUT2D eigenvalue weighted by Crippen LogP contribution is -2.40. The summed E-state index contributed by atoms with van der Waals surface area (Å²) in [4.78, 5) is 13.6. The van der Waals surface area contributed by atoms with Crippen LogP contribution in [0, 0.1) is 0 Å². The zero-order chi connectivity index (χ0) is 17.2. The van der Waals surface area contributed by atoms with Gasteiger partial charge in [-0.2, -0.15) is 0 Å². The summed E-state index contributed by atoms with van der Waals surface area (Å²) < 4.78 is 5.39. The molecule has 23 heavy (non-hydrogen) atoms. The zero-order valence-corrected chi connectivity index (χ0v) is 14.5. The van der Waals surface area contributed by atoms with Crippen LogP contribution in [-0.4, -0.2) is 70.7 Å². The summed E-state index contributed by atoms with van der Waals surface area (Å²) in [6.45, 7) is 2.08. The first kappa shape index (κ1) is 20.4. The zero-order valence-electron chi connectivity index (χ0n) is 14.5. The molecule has 1 rings (SSSR count). The van der Waals surface area contributed by atoms with E-state index in [4.69, 9.17) is 9.84 Å². The molecule has 1 heterocycles. The highest BCUT2D eigenvalue weighted by atomic mass is 16.6. The third-order valence-electron chi connectivity index (χ3n) is 4.52. The van der Waals surface area contributed by atoms with Gasteiger partial charge in [-0.25, -0.2) is 0 Å². The Bertz CT molecular complexity index is 339. The molecular weight excluding hydrogens is 298 g/mol. The van der Waals surface area contributed by atoms with E-state index in [0.717, 1.165) is 12.8 Å². The first-order valence-electron chi connectivity index (χ1n) is 8.87. The number of aliphatic hydroxyl groups is 3. The summed E-state index contributed by atoms with van der Waals surface area (Å²) in [6, 6.07) is 0. The Kier molecular flexibility index (Phi) is 9.71. The number of hydrogen-bond donors (Lipinski definition) is 3. The molecule has 4 unspecified atom stereocenters. The average molecular weight is 331 g/mol. The second-order valence-corrected chi connectivity index (χ2v) is 6.52. The van der Waals surface area contributed by atoms with Crippen LogP contribution in [0.1, 0.15) is 58.3 Å². The van der Waals surface area contributed by atoms with E-state index >= 15 is 0 Å².